The molecule has 0 radical (unpaired) electrons. The van der Waals surface area contributed by atoms with Crippen molar-refractivity contribution in [1.29, 1.82) is 0 Å². The largest absolute Gasteiger partial charge is 0.379 e. The minimum Gasteiger partial charge on any atom is -0.379 e. The molecule has 2 fully saturated rings. The minimum absolute atomic E-state index is 0.00336. The summed E-state index contributed by atoms with van der Waals surface area (Å²) in [5.41, 5.74) is 3.53. The molecule has 2 aromatic rings. The van der Waals surface area contributed by atoms with E-state index in [0.717, 1.165) is 54.4 Å². The first-order valence-corrected chi connectivity index (χ1v) is 12.6. The van der Waals surface area contributed by atoms with Crippen LogP contribution in [-0.2, 0) is 9.47 Å². The van der Waals surface area contributed by atoms with E-state index >= 15 is 0 Å². The highest BCUT2D eigenvalue weighted by Crippen LogP contribution is 2.37. The molecule has 2 aromatic heterocycles. The maximum absolute atomic E-state index is 13.2. The molecule has 0 spiro atoms. The quantitative estimate of drug-likeness (QED) is 0.394. The number of nitrogens with zero attached hydrogens (tertiary/aromatic N) is 6. The molecule has 11 heteroatoms. The molecule has 194 valence electrons. The molecule has 4 atom stereocenters. The summed E-state index contributed by atoms with van der Waals surface area (Å²) >= 11 is 0. The first kappa shape index (κ1) is 23.8. The second-order valence-electron chi connectivity index (χ2n) is 9.89. The smallest absolute Gasteiger partial charge is 0.257 e. The van der Waals surface area contributed by atoms with E-state index in [9.17, 15) is 4.79 Å². The van der Waals surface area contributed by atoms with Gasteiger partial charge in [0, 0.05) is 63.9 Å². The van der Waals surface area contributed by atoms with Gasteiger partial charge < -0.3 is 29.6 Å². The Morgan fingerprint density at radius 3 is 2.68 bits per heavy atom. The summed E-state index contributed by atoms with van der Waals surface area (Å²) in [7, 11) is 7.37. The molecule has 4 aliphatic rings. The van der Waals surface area contributed by atoms with Crippen molar-refractivity contribution in [2.24, 2.45) is 0 Å². The maximum atomic E-state index is 13.2. The van der Waals surface area contributed by atoms with Gasteiger partial charge in [0.2, 0.25) is 0 Å². The Morgan fingerprint density at radius 2 is 1.95 bits per heavy atom. The molecule has 0 unspecified atom stereocenters. The highest BCUT2D eigenvalue weighted by molar-refractivity contribution is 6.00. The number of ether oxygens (including phenoxy) is 2. The highest BCUT2D eigenvalue weighted by atomic mass is 16.5. The van der Waals surface area contributed by atoms with Gasteiger partial charge in [-0.2, -0.15) is 9.61 Å². The third kappa shape index (κ3) is 3.94. The monoisotopic (exact) mass is 504 g/mol. The summed E-state index contributed by atoms with van der Waals surface area (Å²) in [6.07, 6.45) is 7.48. The molecule has 6 rings (SSSR count). The standard InChI is InChI=1S/C26H32N8O3/c1-27-23-10-19(30-25-17(12-29-34(23)25)26(35)31-18-7-8-21(18)36-3)16-11-28-24-15(16)6-5-9-33(24)20-13-32(2)14-22(20)37-4/h5-6,9-12,18,20-22,27H,7-8,13-14H2,1-4H3,(H,31,35)/t18-,20+,21-,22+/m1/s1. The van der Waals surface area contributed by atoms with Gasteiger partial charge in [-0.05, 0) is 32.0 Å². The molecule has 37 heavy (non-hydrogen) atoms. The van der Waals surface area contributed by atoms with E-state index in [1.165, 1.54) is 0 Å². The molecule has 3 aliphatic heterocycles. The zero-order chi connectivity index (χ0) is 25.7. The zero-order valence-electron chi connectivity index (χ0n) is 21.5. The second kappa shape index (κ2) is 9.40. The van der Waals surface area contributed by atoms with Crippen LogP contribution >= 0.6 is 0 Å². The number of rotatable bonds is 7. The van der Waals surface area contributed by atoms with Crippen LogP contribution in [0.15, 0.2) is 36.8 Å². The number of pyridine rings is 1. The van der Waals surface area contributed by atoms with Gasteiger partial charge in [0.25, 0.3) is 5.91 Å². The minimum atomic E-state index is -0.201. The molecule has 5 heterocycles. The van der Waals surface area contributed by atoms with E-state index in [2.05, 4.69) is 44.5 Å². The van der Waals surface area contributed by atoms with Crippen LogP contribution in [0.25, 0.3) is 28.3 Å². The molecule has 2 N–H and O–H groups in total. The number of hydrogen-bond donors (Lipinski definition) is 2. The predicted molar refractivity (Wildman–Crippen MR) is 139 cm³/mol. The van der Waals surface area contributed by atoms with E-state index in [1.54, 1.807) is 24.9 Å². The van der Waals surface area contributed by atoms with E-state index in [4.69, 9.17) is 19.4 Å². The van der Waals surface area contributed by atoms with Crippen molar-refractivity contribution in [2.45, 2.75) is 37.1 Å². The number of likely N-dealkylation sites (N-methyl/N-ethyl adjacent to an activating group) is 1. The van der Waals surface area contributed by atoms with Gasteiger partial charge in [-0.3, -0.25) is 4.79 Å². The Morgan fingerprint density at radius 1 is 1.11 bits per heavy atom. The molecular weight excluding hydrogens is 472 g/mol. The van der Waals surface area contributed by atoms with E-state index in [1.807, 2.05) is 25.4 Å². The van der Waals surface area contributed by atoms with Gasteiger partial charge in [0.15, 0.2) is 5.65 Å². The average molecular weight is 505 g/mol. The maximum Gasteiger partial charge on any atom is 0.257 e. The van der Waals surface area contributed by atoms with Gasteiger partial charge in [0.1, 0.15) is 17.2 Å². The number of fused-ring (bicyclic) bond motifs is 2. The van der Waals surface area contributed by atoms with Crippen molar-refractivity contribution in [2.75, 3.05) is 46.7 Å². The van der Waals surface area contributed by atoms with Crippen molar-refractivity contribution in [3.8, 4) is 22.6 Å². The Labute approximate surface area is 215 Å². The molecule has 1 saturated heterocycles. The van der Waals surface area contributed by atoms with Crippen LogP contribution in [0.1, 0.15) is 29.2 Å². The molecule has 0 aromatic carbocycles. The first-order valence-electron chi connectivity index (χ1n) is 12.6. The van der Waals surface area contributed by atoms with Gasteiger partial charge in [0.05, 0.1) is 36.2 Å². The van der Waals surface area contributed by atoms with Crippen LogP contribution in [-0.4, -0.2) is 94.6 Å². The van der Waals surface area contributed by atoms with E-state index in [-0.39, 0.29) is 30.2 Å². The average Bonchev–Trinajstić information content (AvgIpc) is 3.62. The number of carbonyl (C=O) groups is 1. The normalized spacial score (nSPS) is 24.0. The fraction of sp³-hybridized carbons (Fsp3) is 0.462. The van der Waals surface area contributed by atoms with Crippen molar-refractivity contribution >= 4 is 17.4 Å². The van der Waals surface area contributed by atoms with Gasteiger partial charge in [-0.1, -0.05) is 0 Å². The summed E-state index contributed by atoms with van der Waals surface area (Å²) < 4.78 is 15.1. The third-order valence-electron chi connectivity index (χ3n) is 7.76. The summed E-state index contributed by atoms with van der Waals surface area (Å²) in [6.45, 7) is 1.76. The summed E-state index contributed by atoms with van der Waals surface area (Å²) in [5.74, 6) is 1.41. The molecule has 1 amide bonds. The fourth-order valence-corrected chi connectivity index (χ4v) is 5.57. The van der Waals surface area contributed by atoms with E-state index in [0.29, 0.717) is 11.2 Å². The lowest BCUT2D eigenvalue weighted by Crippen LogP contribution is -2.51. The number of nitrogens with one attached hydrogen (secondary N) is 2. The molecule has 1 aliphatic carbocycles. The molecular formula is C26H32N8O3. The summed E-state index contributed by atoms with van der Waals surface area (Å²) in [6, 6.07) is 6.20. The van der Waals surface area contributed by atoms with Crippen molar-refractivity contribution in [3.05, 3.63) is 42.4 Å². The Balaban J connectivity index is 1.38. The highest BCUT2D eigenvalue weighted by Gasteiger charge is 2.35. The number of methoxy groups -OCH3 is 2. The number of carbonyl (C=O) groups excluding carboxylic acids is 1. The zero-order valence-corrected chi connectivity index (χ0v) is 21.5. The predicted octanol–water partition coefficient (Wildman–Crippen LogP) is 2.15. The lowest BCUT2D eigenvalue weighted by molar-refractivity contribution is 0.00732. The Kier molecular flexibility index (Phi) is 6.06. The number of amides is 1. The number of anilines is 1. The van der Waals surface area contributed by atoms with Crippen molar-refractivity contribution in [3.63, 3.8) is 0 Å². The van der Waals surface area contributed by atoms with E-state index < -0.39 is 0 Å². The number of likely N-dealkylation sites (tertiary alicyclic amines) is 1. The Bertz CT molecular complexity index is 1410. The molecule has 11 nitrogen and oxygen atoms in total. The van der Waals surface area contributed by atoms with Crippen LogP contribution in [0.3, 0.4) is 0 Å². The fourth-order valence-electron chi connectivity index (χ4n) is 5.57. The number of aromatic nitrogens is 5. The van der Waals surface area contributed by atoms with Gasteiger partial charge in [-0.25, -0.2) is 9.97 Å². The van der Waals surface area contributed by atoms with Crippen LogP contribution in [0.4, 0.5) is 5.82 Å². The Hall–Kier alpha value is -3.54. The van der Waals surface area contributed by atoms with Crippen LogP contribution < -0.4 is 10.6 Å². The number of hydrogen-bond acceptors (Lipinski definition) is 8. The second-order valence-corrected chi connectivity index (χ2v) is 9.89. The van der Waals surface area contributed by atoms with Crippen molar-refractivity contribution in [1.82, 2.24) is 34.4 Å². The van der Waals surface area contributed by atoms with Gasteiger partial charge >= 0.3 is 0 Å². The lowest BCUT2D eigenvalue weighted by atomic mass is 9.89. The molecule has 0 bridgehead atoms. The van der Waals surface area contributed by atoms with Gasteiger partial charge in [-0.15, -0.1) is 0 Å². The SMILES string of the molecule is CNc1cc(-c2cnc3n([C@H]4CN(C)C[C@@H]4OC)cccc2-3)nc2c(C(=O)N[C@@H]3CC[C@H]3OC)cnn12. The summed E-state index contributed by atoms with van der Waals surface area (Å²) in [4.78, 5) is 25.1. The summed E-state index contributed by atoms with van der Waals surface area (Å²) in [5, 5.41) is 10.7. The molecule has 1 saturated carbocycles. The van der Waals surface area contributed by atoms with Crippen LogP contribution in [0.5, 0.6) is 0 Å². The third-order valence-corrected chi connectivity index (χ3v) is 7.76. The van der Waals surface area contributed by atoms with Crippen molar-refractivity contribution < 1.29 is 14.3 Å². The first-order chi connectivity index (χ1) is 18.0. The van der Waals surface area contributed by atoms with Crippen LogP contribution in [0.2, 0.25) is 0 Å². The van der Waals surface area contributed by atoms with Crippen LogP contribution in [0, 0.1) is 0 Å². The lowest BCUT2D eigenvalue weighted by Gasteiger charge is -2.35. The topological polar surface area (TPSA) is 111 Å².